The van der Waals surface area contributed by atoms with Gasteiger partial charge in [-0.3, -0.25) is 9.59 Å². The van der Waals surface area contributed by atoms with E-state index >= 15 is 0 Å². The van der Waals surface area contributed by atoms with Crippen LogP contribution in [0.3, 0.4) is 0 Å². The first-order valence-corrected chi connectivity index (χ1v) is 8.34. The molecule has 0 saturated carbocycles. The maximum Gasteiger partial charge on any atom is 0.257 e. The Labute approximate surface area is 142 Å². The molecule has 1 aromatic rings. The monoisotopic (exact) mass is 336 g/mol. The predicted molar refractivity (Wildman–Crippen MR) is 89.1 cm³/mol. The van der Waals surface area contributed by atoms with Crippen LogP contribution in [0.4, 0.5) is 4.39 Å². The Bertz CT molecular complexity index is 598. The molecule has 24 heavy (non-hydrogen) atoms. The van der Waals surface area contributed by atoms with Crippen LogP contribution < -0.4 is 0 Å². The van der Waals surface area contributed by atoms with Gasteiger partial charge in [-0.15, -0.1) is 0 Å². The highest BCUT2D eigenvalue weighted by Crippen LogP contribution is 2.17. The van der Waals surface area contributed by atoms with E-state index in [9.17, 15) is 19.1 Å². The smallest absolute Gasteiger partial charge is 0.257 e. The number of carbonyl (C=O) groups is 2. The van der Waals surface area contributed by atoms with Crippen LogP contribution in [0.2, 0.25) is 0 Å². The topological polar surface area (TPSA) is 60.9 Å². The van der Waals surface area contributed by atoms with E-state index in [1.807, 2.05) is 0 Å². The molecule has 1 atom stereocenters. The molecule has 1 aliphatic heterocycles. The third-order valence-electron chi connectivity index (χ3n) is 4.42. The number of aryl methyl sites for hydroxylation is 1. The lowest BCUT2D eigenvalue weighted by atomic mass is 10.1. The number of hydrogen-bond acceptors (Lipinski definition) is 3. The molecule has 1 aromatic carbocycles. The van der Waals surface area contributed by atoms with Gasteiger partial charge in [-0.25, -0.2) is 4.39 Å². The fourth-order valence-corrected chi connectivity index (χ4v) is 2.87. The molecule has 0 radical (unpaired) electrons. The summed E-state index contributed by atoms with van der Waals surface area (Å²) in [5.41, 5.74) is 0.701. The van der Waals surface area contributed by atoms with Crippen molar-refractivity contribution in [3.05, 3.63) is 35.1 Å². The second-order valence-electron chi connectivity index (χ2n) is 6.59. The van der Waals surface area contributed by atoms with Gasteiger partial charge in [-0.2, -0.15) is 0 Å². The average Bonchev–Trinajstić information content (AvgIpc) is 2.79. The zero-order chi connectivity index (χ0) is 17.9. The van der Waals surface area contributed by atoms with Crippen LogP contribution in [0, 0.1) is 18.7 Å². The van der Waals surface area contributed by atoms with Gasteiger partial charge in [0.25, 0.3) is 11.8 Å². The summed E-state index contributed by atoms with van der Waals surface area (Å²) in [4.78, 5) is 28.1. The molecule has 1 fully saturated rings. The number of aliphatic hydroxyl groups excluding tert-OH is 1. The summed E-state index contributed by atoms with van der Waals surface area (Å²) in [5.74, 6) is -1.32. The molecule has 1 aliphatic rings. The van der Waals surface area contributed by atoms with E-state index in [1.165, 1.54) is 6.07 Å². The molecule has 2 rings (SSSR count). The van der Waals surface area contributed by atoms with E-state index in [2.05, 4.69) is 0 Å². The number of hydrogen-bond donors (Lipinski definition) is 1. The van der Waals surface area contributed by atoms with Crippen molar-refractivity contribution < 1.29 is 19.1 Å². The third-order valence-corrected chi connectivity index (χ3v) is 4.42. The average molecular weight is 336 g/mol. The van der Waals surface area contributed by atoms with Crippen molar-refractivity contribution >= 4 is 11.8 Å². The molecule has 6 heteroatoms. The molecule has 2 amide bonds. The lowest BCUT2D eigenvalue weighted by Crippen LogP contribution is -2.43. The zero-order valence-corrected chi connectivity index (χ0v) is 14.5. The number of rotatable bonds is 3. The van der Waals surface area contributed by atoms with Gasteiger partial charge in [0.1, 0.15) is 11.9 Å². The van der Waals surface area contributed by atoms with Crippen LogP contribution in [0.1, 0.15) is 36.2 Å². The Morgan fingerprint density at radius 1 is 1.12 bits per heavy atom. The summed E-state index contributed by atoms with van der Waals surface area (Å²) >= 11 is 0. The number of aliphatic hydroxyl groups is 1. The van der Waals surface area contributed by atoms with E-state index in [4.69, 9.17) is 0 Å². The maximum atomic E-state index is 14.0. The van der Waals surface area contributed by atoms with Gasteiger partial charge in [-0.1, -0.05) is 26.0 Å². The van der Waals surface area contributed by atoms with E-state index < -0.39 is 11.9 Å². The zero-order valence-electron chi connectivity index (χ0n) is 14.5. The molecule has 0 aromatic heterocycles. The number of nitrogens with zero attached hydrogens (tertiary/aromatic N) is 2. The first kappa shape index (κ1) is 18.4. The Morgan fingerprint density at radius 2 is 1.75 bits per heavy atom. The molecule has 1 saturated heterocycles. The lowest BCUT2D eigenvalue weighted by molar-refractivity contribution is -0.142. The highest BCUT2D eigenvalue weighted by Gasteiger charge is 2.29. The maximum absolute atomic E-state index is 14.0. The minimum atomic E-state index is -1.03. The molecule has 5 nitrogen and oxygen atoms in total. The van der Waals surface area contributed by atoms with Crippen LogP contribution >= 0.6 is 0 Å². The van der Waals surface area contributed by atoms with Gasteiger partial charge in [0.05, 0.1) is 5.56 Å². The summed E-state index contributed by atoms with van der Waals surface area (Å²) in [6.07, 6.45) is -0.420. The standard InChI is InChI=1S/C18H25FN2O3/c1-12(2)16(22)18(24)21-9-5-8-20(10-11-21)17(23)15-13(3)6-4-7-14(15)19/h4,6-7,12,16,22H,5,8-11H2,1-3H3. The molecule has 132 valence electrons. The quantitative estimate of drug-likeness (QED) is 0.916. The summed E-state index contributed by atoms with van der Waals surface area (Å²) in [6, 6.07) is 4.58. The first-order valence-electron chi connectivity index (χ1n) is 8.34. The fraction of sp³-hybridized carbons (Fsp3) is 0.556. The second kappa shape index (κ2) is 7.75. The summed E-state index contributed by atoms with van der Waals surface area (Å²) in [5, 5.41) is 9.94. The Balaban J connectivity index is 2.08. The SMILES string of the molecule is Cc1cccc(F)c1C(=O)N1CCCN(C(=O)C(O)C(C)C)CC1. The van der Waals surface area contributed by atoms with E-state index in [1.54, 1.807) is 42.7 Å². The van der Waals surface area contributed by atoms with Crippen molar-refractivity contribution in [2.45, 2.75) is 33.3 Å². The molecule has 0 bridgehead atoms. The largest absolute Gasteiger partial charge is 0.383 e. The first-order chi connectivity index (χ1) is 11.3. The summed E-state index contributed by atoms with van der Waals surface area (Å²) in [7, 11) is 0. The van der Waals surface area contributed by atoms with Crippen LogP contribution in [0.25, 0.3) is 0 Å². The number of halogens is 1. The van der Waals surface area contributed by atoms with Gasteiger partial charge in [0.15, 0.2) is 0 Å². The molecule has 1 N–H and O–H groups in total. The summed E-state index contributed by atoms with van der Waals surface area (Å²) < 4.78 is 14.0. The van der Waals surface area contributed by atoms with Crippen LogP contribution in [-0.4, -0.2) is 59.0 Å². The minimum Gasteiger partial charge on any atom is -0.383 e. The third kappa shape index (κ3) is 3.93. The number of carbonyl (C=O) groups excluding carboxylic acids is 2. The molecular weight excluding hydrogens is 311 g/mol. The van der Waals surface area contributed by atoms with Crippen LogP contribution in [0.5, 0.6) is 0 Å². The van der Waals surface area contributed by atoms with Gasteiger partial charge >= 0.3 is 0 Å². The highest BCUT2D eigenvalue weighted by molar-refractivity contribution is 5.96. The molecule has 0 spiro atoms. The van der Waals surface area contributed by atoms with Crippen molar-refractivity contribution in [2.75, 3.05) is 26.2 Å². The van der Waals surface area contributed by atoms with Gasteiger partial charge in [-0.05, 0) is 30.9 Å². The number of benzene rings is 1. The lowest BCUT2D eigenvalue weighted by Gasteiger charge is -2.25. The Morgan fingerprint density at radius 3 is 2.38 bits per heavy atom. The van der Waals surface area contributed by atoms with Crippen molar-refractivity contribution in [3.8, 4) is 0 Å². The predicted octanol–water partition coefficient (Wildman–Crippen LogP) is 1.83. The normalized spacial score (nSPS) is 16.9. The number of amides is 2. The van der Waals surface area contributed by atoms with E-state index in [0.29, 0.717) is 38.2 Å². The van der Waals surface area contributed by atoms with Crippen molar-refractivity contribution in [2.24, 2.45) is 5.92 Å². The van der Waals surface area contributed by atoms with E-state index in [-0.39, 0.29) is 23.3 Å². The van der Waals surface area contributed by atoms with Gasteiger partial charge < -0.3 is 14.9 Å². The molecular formula is C18H25FN2O3. The fourth-order valence-electron chi connectivity index (χ4n) is 2.87. The Hall–Kier alpha value is -1.95. The minimum absolute atomic E-state index is 0.0968. The van der Waals surface area contributed by atoms with Gasteiger partial charge in [0.2, 0.25) is 0 Å². The van der Waals surface area contributed by atoms with Crippen molar-refractivity contribution in [3.63, 3.8) is 0 Å². The second-order valence-corrected chi connectivity index (χ2v) is 6.59. The summed E-state index contributed by atoms with van der Waals surface area (Å²) in [6.45, 7) is 6.93. The van der Waals surface area contributed by atoms with Crippen molar-refractivity contribution in [1.82, 2.24) is 9.80 Å². The molecule has 1 heterocycles. The van der Waals surface area contributed by atoms with Crippen molar-refractivity contribution in [1.29, 1.82) is 0 Å². The molecule has 1 unspecified atom stereocenters. The Kier molecular flexibility index (Phi) is 5.94. The van der Waals surface area contributed by atoms with E-state index in [0.717, 1.165) is 0 Å². The molecule has 0 aliphatic carbocycles. The highest BCUT2D eigenvalue weighted by atomic mass is 19.1. The van der Waals surface area contributed by atoms with Gasteiger partial charge in [0, 0.05) is 26.2 Å². The van der Waals surface area contributed by atoms with Crippen LogP contribution in [0.15, 0.2) is 18.2 Å². The van der Waals surface area contributed by atoms with Crippen LogP contribution in [-0.2, 0) is 4.79 Å².